The number of carbonyl (C=O) groups is 1. The first-order valence-electron chi connectivity index (χ1n) is 5.02. The Kier molecular flexibility index (Phi) is 4.28. The average molecular weight is 223 g/mol. The molecule has 0 aliphatic carbocycles. The summed E-state index contributed by atoms with van der Waals surface area (Å²) in [6.07, 6.45) is -0.496. The predicted octanol–water partition coefficient (Wildman–Crippen LogP) is 1.34. The predicted molar refractivity (Wildman–Crippen MR) is 62.9 cm³/mol. The van der Waals surface area contributed by atoms with Gasteiger partial charge in [-0.3, -0.25) is 5.43 Å². The van der Waals surface area contributed by atoms with Crippen LogP contribution in [0.4, 0.5) is 10.5 Å². The summed E-state index contributed by atoms with van der Waals surface area (Å²) >= 11 is 0. The number of rotatable bonds is 3. The first kappa shape index (κ1) is 12.5. The van der Waals surface area contributed by atoms with Gasteiger partial charge in [-0.25, -0.2) is 9.80 Å². The van der Waals surface area contributed by atoms with Crippen molar-refractivity contribution in [2.45, 2.75) is 13.0 Å². The van der Waals surface area contributed by atoms with Crippen LogP contribution in [0.5, 0.6) is 0 Å². The van der Waals surface area contributed by atoms with Gasteiger partial charge in [-0.15, -0.1) is 0 Å². The van der Waals surface area contributed by atoms with Crippen molar-refractivity contribution in [2.24, 2.45) is 0 Å². The Morgan fingerprint density at radius 2 is 1.88 bits per heavy atom. The van der Waals surface area contributed by atoms with Crippen molar-refractivity contribution in [1.82, 2.24) is 10.4 Å². The van der Waals surface area contributed by atoms with Crippen LogP contribution < -0.4 is 10.7 Å². The monoisotopic (exact) mass is 223 g/mol. The summed E-state index contributed by atoms with van der Waals surface area (Å²) in [5.41, 5.74) is 4.06. The number of carbonyl (C=O) groups excluding carboxylic acids is 1. The summed E-state index contributed by atoms with van der Waals surface area (Å²) in [5, 5.41) is 13.5. The van der Waals surface area contributed by atoms with Gasteiger partial charge in [-0.2, -0.15) is 0 Å². The van der Waals surface area contributed by atoms with Gasteiger partial charge in [0, 0.05) is 19.8 Å². The third-order valence-electron chi connectivity index (χ3n) is 1.98. The fourth-order valence-electron chi connectivity index (χ4n) is 1.21. The number of nitrogens with zero attached hydrogens (tertiary/aromatic N) is 1. The fourth-order valence-corrected chi connectivity index (χ4v) is 1.21. The second-order valence-corrected chi connectivity index (χ2v) is 3.76. The highest BCUT2D eigenvalue weighted by Gasteiger charge is 2.03. The van der Waals surface area contributed by atoms with Crippen LogP contribution in [0.2, 0.25) is 0 Å². The van der Waals surface area contributed by atoms with Crippen LogP contribution in [0.15, 0.2) is 24.3 Å². The largest absolute Gasteiger partial charge is 0.389 e. The maximum atomic E-state index is 11.3. The topological polar surface area (TPSA) is 64.6 Å². The van der Waals surface area contributed by atoms with Gasteiger partial charge >= 0.3 is 6.03 Å². The van der Waals surface area contributed by atoms with Gasteiger partial charge in [0.15, 0.2) is 0 Å². The summed E-state index contributed by atoms with van der Waals surface area (Å²) in [6.45, 7) is 1.70. The molecule has 0 saturated carbocycles. The van der Waals surface area contributed by atoms with Crippen LogP contribution in [0.1, 0.15) is 18.6 Å². The van der Waals surface area contributed by atoms with Crippen LogP contribution >= 0.6 is 0 Å². The van der Waals surface area contributed by atoms with Gasteiger partial charge in [-0.05, 0) is 24.6 Å². The number of hydrogen-bond donors (Lipinski definition) is 3. The molecule has 0 saturated heterocycles. The Bertz CT molecular complexity index is 347. The lowest BCUT2D eigenvalue weighted by molar-refractivity contribution is 0.199. The van der Waals surface area contributed by atoms with Crippen LogP contribution in [0, 0.1) is 0 Å². The SMILES string of the molecule is CC(O)c1ccc(NC(=O)NN(C)C)cc1. The maximum absolute atomic E-state index is 11.3. The lowest BCUT2D eigenvalue weighted by Crippen LogP contribution is -2.39. The van der Waals surface area contributed by atoms with E-state index < -0.39 is 6.10 Å². The van der Waals surface area contributed by atoms with Gasteiger partial charge in [0.1, 0.15) is 0 Å². The lowest BCUT2D eigenvalue weighted by atomic mass is 10.1. The van der Waals surface area contributed by atoms with Crippen molar-refractivity contribution >= 4 is 11.7 Å². The Labute approximate surface area is 95.0 Å². The van der Waals surface area contributed by atoms with E-state index in [0.29, 0.717) is 5.69 Å². The first-order chi connectivity index (χ1) is 7.49. The lowest BCUT2D eigenvalue weighted by Gasteiger charge is -2.13. The molecule has 1 unspecified atom stereocenters. The molecule has 1 rings (SSSR count). The zero-order valence-electron chi connectivity index (χ0n) is 9.69. The molecular formula is C11H17N3O2. The molecule has 0 spiro atoms. The summed E-state index contributed by atoms with van der Waals surface area (Å²) < 4.78 is 0. The summed E-state index contributed by atoms with van der Waals surface area (Å²) in [4.78, 5) is 11.3. The van der Waals surface area contributed by atoms with E-state index in [9.17, 15) is 9.90 Å². The van der Waals surface area contributed by atoms with Crippen LogP contribution in [0.3, 0.4) is 0 Å². The van der Waals surface area contributed by atoms with Crippen molar-refractivity contribution in [3.8, 4) is 0 Å². The Morgan fingerprint density at radius 1 is 1.31 bits per heavy atom. The molecule has 5 nitrogen and oxygen atoms in total. The van der Waals surface area contributed by atoms with E-state index in [-0.39, 0.29) is 6.03 Å². The minimum atomic E-state index is -0.496. The molecule has 3 N–H and O–H groups in total. The van der Waals surface area contributed by atoms with Crippen molar-refractivity contribution in [2.75, 3.05) is 19.4 Å². The number of hydrazine groups is 1. The van der Waals surface area contributed by atoms with E-state index in [2.05, 4.69) is 10.7 Å². The molecule has 0 bridgehead atoms. The minimum absolute atomic E-state index is 0.296. The van der Waals surface area contributed by atoms with Crippen molar-refractivity contribution in [1.29, 1.82) is 0 Å². The average Bonchev–Trinajstić information content (AvgIpc) is 2.16. The molecule has 88 valence electrons. The molecular weight excluding hydrogens is 206 g/mol. The van der Waals surface area contributed by atoms with E-state index in [1.807, 2.05) is 0 Å². The highest BCUT2D eigenvalue weighted by molar-refractivity contribution is 5.88. The van der Waals surface area contributed by atoms with Gasteiger partial charge in [0.25, 0.3) is 0 Å². The molecule has 2 amide bonds. The number of urea groups is 1. The molecule has 5 heteroatoms. The van der Waals surface area contributed by atoms with Gasteiger partial charge in [0.2, 0.25) is 0 Å². The summed E-state index contributed by atoms with van der Waals surface area (Å²) in [5.74, 6) is 0. The molecule has 1 aromatic carbocycles. The molecule has 0 aromatic heterocycles. The molecule has 1 atom stereocenters. The molecule has 0 aliphatic rings. The van der Waals surface area contributed by atoms with Crippen LogP contribution in [-0.2, 0) is 0 Å². The number of amides is 2. The zero-order valence-corrected chi connectivity index (χ0v) is 9.69. The van der Waals surface area contributed by atoms with Crippen molar-refractivity contribution in [3.63, 3.8) is 0 Å². The molecule has 0 fully saturated rings. The van der Waals surface area contributed by atoms with E-state index >= 15 is 0 Å². The smallest absolute Gasteiger partial charge is 0.333 e. The second-order valence-electron chi connectivity index (χ2n) is 3.76. The van der Waals surface area contributed by atoms with Crippen molar-refractivity contribution < 1.29 is 9.90 Å². The first-order valence-corrected chi connectivity index (χ1v) is 5.02. The summed E-state index contributed by atoms with van der Waals surface area (Å²) in [7, 11) is 3.46. The Balaban J connectivity index is 2.58. The maximum Gasteiger partial charge on any atom is 0.333 e. The fraction of sp³-hybridized carbons (Fsp3) is 0.364. The Morgan fingerprint density at radius 3 is 2.31 bits per heavy atom. The Hall–Kier alpha value is -1.59. The number of hydrogen-bond acceptors (Lipinski definition) is 3. The molecule has 16 heavy (non-hydrogen) atoms. The van der Waals surface area contributed by atoms with E-state index in [1.54, 1.807) is 50.3 Å². The number of benzene rings is 1. The third kappa shape index (κ3) is 3.88. The molecule has 1 aromatic rings. The van der Waals surface area contributed by atoms with Crippen molar-refractivity contribution in [3.05, 3.63) is 29.8 Å². The molecule has 0 aliphatic heterocycles. The van der Waals surface area contributed by atoms with Crippen LogP contribution in [-0.4, -0.2) is 30.2 Å². The molecule has 0 heterocycles. The zero-order chi connectivity index (χ0) is 12.1. The number of aliphatic hydroxyl groups excluding tert-OH is 1. The number of anilines is 1. The van der Waals surface area contributed by atoms with Crippen LogP contribution in [0.25, 0.3) is 0 Å². The van der Waals surface area contributed by atoms with E-state index in [1.165, 1.54) is 0 Å². The number of aliphatic hydroxyl groups is 1. The van der Waals surface area contributed by atoms with E-state index in [4.69, 9.17) is 0 Å². The van der Waals surface area contributed by atoms with Gasteiger partial charge in [-0.1, -0.05) is 12.1 Å². The molecule has 0 radical (unpaired) electrons. The van der Waals surface area contributed by atoms with Gasteiger partial charge < -0.3 is 10.4 Å². The van der Waals surface area contributed by atoms with E-state index in [0.717, 1.165) is 5.56 Å². The highest BCUT2D eigenvalue weighted by Crippen LogP contribution is 2.15. The van der Waals surface area contributed by atoms with Gasteiger partial charge in [0.05, 0.1) is 6.10 Å². The minimum Gasteiger partial charge on any atom is -0.389 e. The second kappa shape index (κ2) is 5.48. The number of nitrogens with one attached hydrogen (secondary N) is 2. The summed E-state index contributed by atoms with van der Waals surface area (Å²) in [6, 6.07) is 6.75. The quantitative estimate of drug-likeness (QED) is 0.677. The standard InChI is InChI=1S/C11H17N3O2/c1-8(15)9-4-6-10(7-5-9)12-11(16)13-14(2)3/h4-8,15H,1-3H3,(H2,12,13,16). The third-order valence-corrected chi connectivity index (χ3v) is 1.98. The normalized spacial score (nSPS) is 12.3. The highest BCUT2D eigenvalue weighted by atomic mass is 16.3.